The summed E-state index contributed by atoms with van der Waals surface area (Å²) in [5, 5.41) is 0. The summed E-state index contributed by atoms with van der Waals surface area (Å²) in [6, 6.07) is 3.57. The lowest BCUT2D eigenvalue weighted by Gasteiger charge is -2.21. The second kappa shape index (κ2) is 3.70. The van der Waals surface area contributed by atoms with E-state index in [0.29, 0.717) is 18.8 Å². The number of benzene rings is 1. The molecule has 0 unspecified atom stereocenters. The molecule has 0 saturated carbocycles. The Morgan fingerprint density at radius 3 is 2.86 bits per heavy atom. The van der Waals surface area contributed by atoms with Crippen molar-refractivity contribution in [3.8, 4) is 11.5 Å². The molecule has 0 radical (unpaired) electrons. The number of fused-ring (bicyclic) bond motifs is 1. The Labute approximate surface area is 82.6 Å². The van der Waals surface area contributed by atoms with Gasteiger partial charge in [-0.15, -0.1) is 0 Å². The zero-order chi connectivity index (χ0) is 9.97. The van der Waals surface area contributed by atoms with Crippen molar-refractivity contribution in [2.45, 2.75) is 13.3 Å². The Balaban J connectivity index is 2.55. The Kier molecular flexibility index (Phi) is 2.39. The highest BCUT2D eigenvalue weighted by atomic mass is 16.6. The van der Waals surface area contributed by atoms with Gasteiger partial charge in [0.05, 0.1) is 0 Å². The van der Waals surface area contributed by atoms with Gasteiger partial charge in [-0.25, -0.2) is 0 Å². The minimum atomic E-state index is 0.558. The molecule has 0 aliphatic carbocycles. The van der Waals surface area contributed by atoms with E-state index < -0.39 is 0 Å². The van der Waals surface area contributed by atoms with Gasteiger partial charge < -0.3 is 9.47 Å². The Morgan fingerprint density at radius 2 is 2.14 bits per heavy atom. The minimum Gasteiger partial charge on any atom is -0.486 e. The van der Waals surface area contributed by atoms with Crippen LogP contribution in [0.25, 0.3) is 0 Å². The fraction of sp³-hybridized carbons (Fsp3) is 0.364. The van der Waals surface area contributed by atoms with Gasteiger partial charge in [0.2, 0.25) is 0 Å². The maximum absolute atomic E-state index is 10.8. The van der Waals surface area contributed by atoms with E-state index in [4.69, 9.17) is 9.47 Å². The summed E-state index contributed by atoms with van der Waals surface area (Å²) in [7, 11) is 0. The maximum atomic E-state index is 10.8. The quantitative estimate of drug-likeness (QED) is 0.670. The van der Waals surface area contributed by atoms with E-state index in [1.807, 2.05) is 6.92 Å². The van der Waals surface area contributed by atoms with Gasteiger partial charge in [0.25, 0.3) is 0 Å². The molecule has 1 aromatic carbocycles. The van der Waals surface area contributed by atoms with Crippen LogP contribution in [0.4, 0.5) is 0 Å². The molecule has 0 aromatic heterocycles. The van der Waals surface area contributed by atoms with Crippen LogP contribution < -0.4 is 9.47 Å². The first kappa shape index (κ1) is 9.06. The highest BCUT2D eigenvalue weighted by Gasteiger charge is 2.17. The molecule has 1 aliphatic rings. The lowest BCUT2D eigenvalue weighted by molar-refractivity contribution is 0.112. The molecule has 0 spiro atoms. The van der Waals surface area contributed by atoms with Crippen molar-refractivity contribution in [2.75, 3.05) is 13.2 Å². The fourth-order valence-electron chi connectivity index (χ4n) is 1.66. The van der Waals surface area contributed by atoms with Gasteiger partial charge in [-0.2, -0.15) is 0 Å². The molecule has 0 saturated heterocycles. The predicted molar refractivity (Wildman–Crippen MR) is 52.2 cm³/mol. The molecule has 1 aliphatic heterocycles. The third-order valence-electron chi connectivity index (χ3n) is 2.33. The average molecular weight is 192 g/mol. The van der Waals surface area contributed by atoms with Crippen LogP contribution in [-0.4, -0.2) is 19.5 Å². The largest absolute Gasteiger partial charge is 0.486 e. The van der Waals surface area contributed by atoms with Crippen molar-refractivity contribution in [3.63, 3.8) is 0 Å². The molecular weight excluding hydrogens is 180 g/mol. The Hall–Kier alpha value is -1.51. The lowest BCUT2D eigenvalue weighted by atomic mass is 10.0. The van der Waals surface area contributed by atoms with Crippen LogP contribution in [0.3, 0.4) is 0 Å². The molecule has 0 N–H and O–H groups in total. The molecule has 14 heavy (non-hydrogen) atoms. The number of carbonyl (C=O) groups is 1. The van der Waals surface area contributed by atoms with Crippen LogP contribution in [0.1, 0.15) is 22.8 Å². The average Bonchev–Trinajstić information content (AvgIpc) is 2.27. The van der Waals surface area contributed by atoms with E-state index in [1.165, 1.54) is 0 Å². The highest BCUT2D eigenvalue weighted by molar-refractivity contribution is 5.80. The minimum absolute atomic E-state index is 0.558. The number of hydrogen-bond acceptors (Lipinski definition) is 3. The second-order valence-electron chi connectivity index (χ2n) is 3.13. The molecule has 1 heterocycles. The van der Waals surface area contributed by atoms with E-state index >= 15 is 0 Å². The smallest absolute Gasteiger partial charge is 0.165 e. The molecular formula is C11H12O3. The Morgan fingerprint density at radius 1 is 1.36 bits per heavy atom. The second-order valence-corrected chi connectivity index (χ2v) is 3.13. The first-order valence-corrected chi connectivity index (χ1v) is 4.73. The normalized spacial score (nSPS) is 13.8. The van der Waals surface area contributed by atoms with Crippen LogP contribution in [0.5, 0.6) is 11.5 Å². The van der Waals surface area contributed by atoms with Gasteiger partial charge >= 0.3 is 0 Å². The highest BCUT2D eigenvalue weighted by Crippen LogP contribution is 2.35. The number of ether oxygens (including phenoxy) is 2. The molecule has 2 rings (SSSR count). The third-order valence-corrected chi connectivity index (χ3v) is 2.33. The number of aldehydes is 1. The van der Waals surface area contributed by atoms with E-state index in [1.54, 1.807) is 12.1 Å². The zero-order valence-electron chi connectivity index (χ0n) is 8.08. The van der Waals surface area contributed by atoms with Crippen LogP contribution in [0, 0.1) is 0 Å². The van der Waals surface area contributed by atoms with Gasteiger partial charge in [-0.1, -0.05) is 6.92 Å². The molecule has 1 aromatic rings. The van der Waals surface area contributed by atoms with E-state index in [9.17, 15) is 4.79 Å². The number of rotatable bonds is 2. The van der Waals surface area contributed by atoms with E-state index in [0.717, 1.165) is 29.8 Å². The van der Waals surface area contributed by atoms with Gasteiger partial charge in [0, 0.05) is 11.1 Å². The van der Waals surface area contributed by atoms with Crippen molar-refractivity contribution >= 4 is 6.29 Å². The van der Waals surface area contributed by atoms with Crippen LogP contribution >= 0.6 is 0 Å². The molecule has 74 valence electrons. The molecule has 0 amide bonds. The number of carbonyl (C=O) groups excluding carboxylic acids is 1. The van der Waals surface area contributed by atoms with E-state index in [2.05, 4.69) is 0 Å². The molecule has 0 atom stereocenters. The van der Waals surface area contributed by atoms with Gasteiger partial charge in [-0.05, 0) is 18.6 Å². The lowest BCUT2D eigenvalue weighted by Crippen LogP contribution is -2.17. The SMILES string of the molecule is CCc1c(C=O)ccc2c1OCCO2. The van der Waals surface area contributed by atoms with Crippen molar-refractivity contribution in [3.05, 3.63) is 23.3 Å². The topological polar surface area (TPSA) is 35.5 Å². The monoisotopic (exact) mass is 192 g/mol. The van der Waals surface area contributed by atoms with Crippen molar-refractivity contribution < 1.29 is 14.3 Å². The van der Waals surface area contributed by atoms with Crippen molar-refractivity contribution in [1.29, 1.82) is 0 Å². The van der Waals surface area contributed by atoms with E-state index in [-0.39, 0.29) is 0 Å². The first-order chi connectivity index (χ1) is 6.86. The summed E-state index contributed by atoms with van der Waals surface area (Å²) in [5.74, 6) is 1.49. The molecule has 0 fully saturated rings. The summed E-state index contributed by atoms with van der Waals surface area (Å²) >= 11 is 0. The van der Waals surface area contributed by atoms with Crippen LogP contribution in [-0.2, 0) is 6.42 Å². The molecule has 0 bridgehead atoms. The number of hydrogen-bond donors (Lipinski definition) is 0. The van der Waals surface area contributed by atoms with Crippen LogP contribution in [0.15, 0.2) is 12.1 Å². The first-order valence-electron chi connectivity index (χ1n) is 4.73. The standard InChI is InChI=1S/C11H12O3/c1-2-9-8(7-12)3-4-10-11(9)14-6-5-13-10/h3-4,7H,2,5-6H2,1H3. The van der Waals surface area contributed by atoms with Gasteiger partial charge in [0.1, 0.15) is 19.5 Å². The summed E-state index contributed by atoms with van der Waals surface area (Å²) in [5.41, 5.74) is 1.63. The van der Waals surface area contributed by atoms with Gasteiger partial charge in [-0.3, -0.25) is 4.79 Å². The van der Waals surface area contributed by atoms with Crippen molar-refractivity contribution in [2.24, 2.45) is 0 Å². The van der Waals surface area contributed by atoms with Gasteiger partial charge in [0.15, 0.2) is 11.5 Å². The molecule has 3 nitrogen and oxygen atoms in total. The van der Waals surface area contributed by atoms with Crippen LogP contribution in [0.2, 0.25) is 0 Å². The molecule has 3 heteroatoms. The maximum Gasteiger partial charge on any atom is 0.165 e. The summed E-state index contributed by atoms with van der Waals surface area (Å²) in [6.07, 6.45) is 1.64. The summed E-state index contributed by atoms with van der Waals surface area (Å²) in [4.78, 5) is 10.8. The fourth-order valence-corrected chi connectivity index (χ4v) is 1.66. The summed E-state index contributed by atoms with van der Waals surface area (Å²) in [6.45, 7) is 3.14. The predicted octanol–water partition coefficient (Wildman–Crippen LogP) is 1.83. The third kappa shape index (κ3) is 1.35. The zero-order valence-corrected chi connectivity index (χ0v) is 8.08. The summed E-state index contributed by atoms with van der Waals surface area (Å²) < 4.78 is 10.9. The van der Waals surface area contributed by atoms with Crippen molar-refractivity contribution in [1.82, 2.24) is 0 Å². The Bertz CT molecular complexity index is 358.